The largest absolute Gasteiger partial charge is 0.348 e. The van der Waals surface area contributed by atoms with Crippen molar-refractivity contribution in [2.24, 2.45) is 5.92 Å². The molecule has 1 N–H and O–H groups in total. The number of carbonyl (C=O) groups is 1. The summed E-state index contributed by atoms with van der Waals surface area (Å²) in [6.45, 7) is 6.41. The third-order valence-electron chi connectivity index (χ3n) is 2.96. The highest BCUT2D eigenvalue weighted by atomic mass is 32.1. The standard InChI is InChI=1S/C13H17NOS/c1-3-6-14-13(15)12-8-10-7-9(2)4-5-11(10)16-12/h3,8-9H,1,4-7H2,2H3,(H,14,15). The molecule has 1 aromatic heterocycles. The minimum atomic E-state index is 0.0342. The molecule has 0 aromatic carbocycles. The molecule has 0 radical (unpaired) electrons. The Labute approximate surface area is 100 Å². The highest BCUT2D eigenvalue weighted by molar-refractivity contribution is 7.14. The molecule has 1 aliphatic rings. The fourth-order valence-electron chi connectivity index (χ4n) is 2.07. The van der Waals surface area contributed by atoms with Crippen molar-refractivity contribution in [3.63, 3.8) is 0 Å². The maximum Gasteiger partial charge on any atom is 0.261 e. The zero-order valence-corrected chi connectivity index (χ0v) is 10.4. The van der Waals surface area contributed by atoms with Crippen LogP contribution in [0.5, 0.6) is 0 Å². The van der Waals surface area contributed by atoms with Crippen molar-refractivity contribution < 1.29 is 4.79 Å². The van der Waals surface area contributed by atoms with E-state index in [2.05, 4.69) is 24.9 Å². The smallest absolute Gasteiger partial charge is 0.261 e. The predicted molar refractivity (Wildman–Crippen MR) is 68.0 cm³/mol. The normalized spacial score (nSPS) is 18.9. The minimum Gasteiger partial charge on any atom is -0.348 e. The quantitative estimate of drug-likeness (QED) is 0.802. The molecule has 2 rings (SSSR count). The van der Waals surface area contributed by atoms with E-state index >= 15 is 0 Å². The first-order valence-corrected chi connectivity index (χ1v) is 6.53. The number of amides is 1. The van der Waals surface area contributed by atoms with Crippen molar-refractivity contribution in [1.82, 2.24) is 5.32 Å². The molecule has 1 amide bonds. The molecule has 0 spiro atoms. The van der Waals surface area contributed by atoms with E-state index in [9.17, 15) is 4.79 Å². The van der Waals surface area contributed by atoms with Gasteiger partial charge in [0.05, 0.1) is 4.88 Å². The number of aryl methyl sites for hydroxylation is 1. The summed E-state index contributed by atoms with van der Waals surface area (Å²) < 4.78 is 0. The van der Waals surface area contributed by atoms with Crippen molar-refractivity contribution in [1.29, 1.82) is 0 Å². The van der Waals surface area contributed by atoms with Crippen LogP contribution >= 0.6 is 11.3 Å². The van der Waals surface area contributed by atoms with E-state index in [1.807, 2.05) is 0 Å². The topological polar surface area (TPSA) is 29.1 Å². The van der Waals surface area contributed by atoms with Crippen LogP contribution in [0.15, 0.2) is 18.7 Å². The molecule has 0 saturated heterocycles. The van der Waals surface area contributed by atoms with Gasteiger partial charge in [-0.2, -0.15) is 0 Å². The molecule has 1 heterocycles. The van der Waals surface area contributed by atoms with Gasteiger partial charge in [-0.05, 0) is 36.8 Å². The summed E-state index contributed by atoms with van der Waals surface area (Å²) >= 11 is 1.65. The van der Waals surface area contributed by atoms with Crippen LogP contribution in [-0.2, 0) is 12.8 Å². The molecular weight excluding hydrogens is 218 g/mol. The lowest BCUT2D eigenvalue weighted by molar-refractivity contribution is 0.0962. The van der Waals surface area contributed by atoms with Crippen LogP contribution in [0.4, 0.5) is 0 Å². The van der Waals surface area contributed by atoms with E-state index in [4.69, 9.17) is 0 Å². The SMILES string of the molecule is C=CCNC(=O)c1cc2c(s1)CCC(C)C2. The Morgan fingerprint density at radius 2 is 2.56 bits per heavy atom. The number of nitrogens with one attached hydrogen (secondary N) is 1. The summed E-state index contributed by atoms with van der Waals surface area (Å²) in [4.78, 5) is 14.0. The average molecular weight is 235 g/mol. The van der Waals surface area contributed by atoms with Crippen molar-refractivity contribution >= 4 is 17.2 Å². The third-order valence-corrected chi connectivity index (χ3v) is 4.20. The summed E-state index contributed by atoms with van der Waals surface area (Å²) in [5, 5.41) is 2.82. The van der Waals surface area contributed by atoms with Crippen LogP contribution in [0, 0.1) is 5.92 Å². The Morgan fingerprint density at radius 3 is 3.31 bits per heavy atom. The van der Waals surface area contributed by atoms with E-state index < -0.39 is 0 Å². The lowest BCUT2D eigenvalue weighted by Crippen LogP contribution is -2.22. The van der Waals surface area contributed by atoms with E-state index in [0.717, 1.165) is 23.6 Å². The molecule has 86 valence electrons. The van der Waals surface area contributed by atoms with Gasteiger partial charge in [0.25, 0.3) is 5.91 Å². The van der Waals surface area contributed by atoms with Crippen molar-refractivity contribution in [3.05, 3.63) is 34.0 Å². The zero-order valence-electron chi connectivity index (χ0n) is 9.58. The van der Waals surface area contributed by atoms with E-state index in [1.54, 1.807) is 17.4 Å². The molecule has 0 aliphatic heterocycles. The molecule has 0 fully saturated rings. The maximum atomic E-state index is 11.8. The number of hydrogen-bond acceptors (Lipinski definition) is 2. The van der Waals surface area contributed by atoms with Crippen LogP contribution in [0.3, 0.4) is 0 Å². The van der Waals surface area contributed by atoms with Crippen molar-refractivity contribution in [2.75, 3.05) is 6.54 Å². The summed E-state index contributed by atoms with van der Waals surface area (Å²) in [6, 6.07) is 2.06. The maximum absolute atomic E-state index is 11.8. The van der Waals surface area contributed by atoms with Gasteiger partial charge in [-0.25, -0.2) is 0 Å². The van der Waals surface area contributed by atoms with Crippen LogP contribution in [-0.4, -0.2) is 12.5 Å². The fraction of sp³-hybridized carbons (Fsp3) is 0.462. The van der Waals surface area contributed by atoms with Gasteiger partial charge in [0.15, 0.2) is 0 Å². The molecular formula is C13H17NOS. The average Bonchev–Trinajstić information content (AvgIpc) is 2.68. The van der Waals surface area contributed by atoms with Gasteiger partial charge in [-0.1, -0.05) is 13.0 Å². The number of fused-ring (bicyclic) bond motifs is 1. The highest BCUT2D eigenvalue weighted by Crippen LogP contribution is 2.32. The molecule has 1 unspecified atom stereocenters. The van der Waals surface area contributed by atoms with Gasteiger partial charge in [0, 0.05) is 11.4 Å². The molecule has 0 bridgehead atoms. The van der Waals surface area contributed by atoms with E-state index in [1.165, 1.54) is 16.9 Å². The van der Waals surface area contributed by atoms with Crippen LogP contribution in [0.2, 0.25) is 0 Å². The summed E-state index contributed by atoms with van der Waals surface area (Å²) in [5.41, 5.74) is 1.38. The zero-order chi connectivity index (χ0) is 11.5. The number of thiophene rings is 1. The lowest BCUT2D eigenvalue weighted by atomic mass is 9.90. The van der Waals surface area contributed by atoms with Gasteiger partial charge in [0.1, 0.15) is 0 Å². The molecule has 1 atom stereocenters. The van der Waals surface area contributed by atoms with Crippen molar-refractivity contribution in [3.8, 4) is 0 Å². The van der Waals surface area contributed by atoms with Crippen LogP contribution in [0.25, 0.3) is 0 Å². The second-order valence-electron chi connectivity index (χ2n) is 4.41. The first-order valence-electron chi connectivity index (χ1n) is 5.71. The Hall–Kier alpha value is -1.09. The van der Waals surface area contributed by atoms with Crippen LogP contribution in [0.1, 0.15) is 33.5 Å². The molecule has 0 saturated carbocycles. The Bertz CT molecular complexity index is 408. The minimum absolute atomic E-state index is 0.0342. The van der Waals surface area contributed by atoms with Gasteiger partial charge >= 0.3 is 0 Å². The monoisotopic (exact) mass is 235 g/mol. The number of rotatable bonds is 3. The molecule has 16 heavy (non-hydrogen) atoms. The van der Waals surface area contributed by atoms with E-state index in [-0.39, 0.29) is 5.91 Å². The molecule has 2 nitrogen and oxygen atoms in total. The van der Waals surface area contributed by atoms with Gasteiger partial charge < -0.3 is 5.32 Å². The molecule has 3 heteroatoms. The first-order chi connectivity index (χ1) is 7.70. The Morgan fingerprint density at radius 1 is 1.75 bits per heavy atom. The van der Waals surface area contributed by atoms with Crippen LogP contribution < -0.4 is 5.32 Å². The van der Waals surface area contributed by atoms with Gasteiger partial charge in [0.2, 0.25) is 0 Å². The van der Waals surface area contributed by atoms with Gasteiger partial charge in [-0.15, -0.1) is 17.9 Å². The molecule has 1 aliphatic carbocycles. The summed E-state index contributed by atoms with van der Waals surface area (Å²) in [7, 11) is 0. The first kappa shape index (κ1) is 11.4. The second kappa shape index (κ2) is 4.83. The van der Waals surface area contributed by atoms with Gasteiger partial charge in [-0.3, -0.25) is 4.79 Å². The number of carbonyl (C=O) groups excluding carboxylic acids is 1. The third kappa shape index (κ3) is 2.35. The van der Waals surface area contributed by atoms with E-state index in [0.29, 0.717) is 6.54 Å². The Balaban J connectivity index is 2.12. The second-order valence-corrected chi connectivity index (χ2v) is 5.54. The summed E-state index contributed by atoms with van der Waals surface area (Å²) in [6.07, 6.45) is 5.21. The Kier molecular flexibility index (Phi) is 3.44. The lowest BCUT2D eigenvalue weighted by Gasteiger charge is -2.16. The number of hydrogen-bond donors (Lipinski definition) is 1. The molecule has 1 aromatic rings. The van der Waals surface area contributed by atoms with Crippen molar-refractivity contribution in [2.45, 2.75) is 26.2 Å². The fourth-order valence-corrected chi connectivity index (χ4v) is 3.19. The highest BCUT2D eigenvalue weighted by Gasteiger charge is 2.20. The summed E-state index contributed by atoms with van der Waals surface area (Å²) in [5.74, 6) is 0.790. The predicted octanol–water partition coefficient (Wildman–Crippen LogP) is 2.79.